The first-order valence-corrected chi connectivity index (χ1v) is 10.5. The highest BCUT2D eigenvalue weighted by atomic mass is 16.5. The van der Waals surface area contributed by atoms with E-state index in [4.69, 9.17) is 9.47 Å². The molecule has 2 aliphatic rings. The van der Waals surface area contributed by atoms with Gasteiger partial charge in [-0.1, -0.05) is 13.8 Å². The number of carbonyl (C=O) groups excluding carboxylic acids is 2. The van der Waals surface area contributed by atoms with E-state index in [1.165, 1.54) is 25.7 Å². The molecule has 0 bridgehead atoms. The lowest BCUT2D eigenvalue weighted by atomic mass is 9.75. The van der Waals surface area contributed by atoms with Gasteiger partial charge in [-0.25, -0.2) is 0 Å². The van der Waals surface area contributed by atoms with E-state index in [0.29, 0.717) is 30.6 Å². The molecule has 0 radical (unpaired) electrons. The van der Waals surface area contributed by atoms with E-state index >= 15 is 0 Å². The number of ether oxygens (including phenoxy) is 2. The van der Waals surface area contributed by atoms with Gasteiger partial charge in [0, 0.05) is 45.5 Å². The summed E-state index contributed by atoms with van der Waals surface area (Å²) in [5, 5.41) is 3.02. The number of Topliss-reactive ketones (excluding diaryl/α,β-unsaturated/α-hetero) is 1. The number of amides is 1. The molecule has 0 aromatic heterocycles. The third-order valence-electron chi connectivity index (χ3n) is 5.83. The molecular formula is C21H39NO4. The molecule has 5 nitrogen and oxygen atoms in total. The minimum Gasteiger partial charge on any atom is -0.381 e. The standard InChI is InChI=1S/C21H37NO4.H2/c1-4-25-13-16-5-7-17(8-6-16)14-26-10-9-20(23)22-19-11-18(12-19)21(24)15(2)3;/h15-19H,4-14H2,1-3H3,(H,22,23);1H. The van der Waals surface area contributed by atoms with Gasteiger partial charge in [-0.15, -0.1) is 0 Å². The lowest BCUT2D eigenvalue weighted by molar-refractivity contribution is -0.131. The zero-order valence-corrected chi connectivity index (χ0v) is 16.8. The fraction of sp³-hybridized carbons (Fsp3) is 0.905. The van der Waals surface area contributed by atoms with Crippen molar-refractivity contribution in [3.8, 4) is 0 Å². The number of carbonyl (C=O) groups is 2. The van der Waals surface area contributed by atoms with Crippen LogP contribution in [0.5, 0.6) is 0 Å². The average molecular weight is 370 g/mol. The molecule has 0 spiro atoms. The minimum atomic E-state index is 0. The Hall–Kier alpha value is -0.940. The van der Waals surface area contributed by atoms with Crippen molar-refractivity contribution < 1.29 is 20.5 Å². The minimum absolute atomic E-state index is 0. The second-order valence-electron chi connectivity index (χ2n) is 8.36. The van der Waals surface area contributed by atoms with Crippen molar-refractivity contribution in [1.82, 2.24) is 5.32 Å². The van der Waals surface area contributed by atoms with Crippen molar-refractivity contribution in [2.45, 2.75) is 71.8 Å². The summed E-state index contributed by atoms with van der Waals surface area (Å²) < 4.78 is 11.3. The van der Waals surface area contributed by atoms with Crippen LogP contribution in [0, 0.1) is 23.7 Å². The first kappa shape index (κ1) is 21.4. The second-order valence-corrected chi connectivity index (χ2v) is 8.36. The SMILES string of the molecule is CCOCC1CCC(COCCC(=O)NC2CC(C(=O)C(C)C)C2)CC1.[HH]. The molecule has 1 amide bonds. The smallest absolute Gasteiger partial charge is 0.222 e. The number of hydrogen-bond acceptors (Lipinski definition) is 4. The maximum Gasteiger partial charge on any atom is 0.222 e. The quantitative estimate of drug-likeness (QED) is 0.565. The topological polar surface area (TPSA) is 64.6 Å². The van der Waals surface area contributed by atoms with Crippen molar-refractivity contribution in [2.75, 3.05) is 26.4 Å². The van der Waals surface area contributed by atoms with Gasteiger partial charge in [0.05, 0.1) is 6.61 Å². The summed E-state index contributed by atoms with van der Waals surface area (Å²) >= 11 is 0. The Balaban J connectivity index is 0.00000364. The van der Waals surface area contributed by atoms with Crippen LogP contribution in [-0.4, -0.2) is 44.2 Å². The van der Waals surface area contributed by atoms with Crippen LogP contribution in [0.3, 0.4) is 0 Å². The van der Waals surface area contributed by atoms with Crippen molar-refractivity contribution in [1.29, 1.82) is 0 Å². The summed E-state index contributed by atoms with van der Waals surface area (Å²) in [6, 6.07) is 0.177. The van der Waals surface area contributed by atoms with Crippen LogP contribution in [0.1, 0.15) is 67.1 Å². The average Bonchev–Trinajstić information content (AvgIpc) is 2.60. The molecule has 2 fully saturated rings. The molecule has 0 unspecified atom stereocenters. The van der Waals surface area contributed by atoms with E-state index in [1.54, 1.807) is 0 Å². The van der Waals surface area contributed by atoms with Crippen molar-refractivity contribution in [2.24, 2.45) is 23.7 Å². The van der Waals surface area contributed by atoms with Gasteiger partial charge in [0.25, 0.3) is 0 Å². The Morgan fingerprint density at radius 2 is 1.62 bits per heavy atom. The summed E-state index contributed by atoms with van der Waals surface area (Å²) in [5.74, 6) is 1.96. The highest BCUT2D eigenvalue weighted by molar-refractivity contribution is 5.84. The van der Waals surface area contributed by atoms with E-state index in [2.05, 4.69) is 5.32 Å². The van der Waals surface area contributed by atoms with Crippen molar-refractivity contribution in [3.63, 3.8) is 0 Å². The van der Waals surface area contributed by atoms with Crippen LogP contribution < -0.4 is 5.32 Å². The number of ketones is 1. The number of nitrogens with one attached hydrogen (secondary N) is 1. The Labute approximate surface area is 160 Å². The fourth-order valence-electron chi connectivity index (χ4n) is 4.00. The van der Waals surface area contributed by atoms with E-state index in [1.807, 2.05) is 20.8 Å². The molecule has 26 heavy (non-hydrogen) atoms. The Morgan fingerprint density at radius 3 is 2.15 bits per heavy atom. The van der Waals surface area contributed by atoms with E-state index < -0.39 is 0 Å². The Kier molecular flexibility index (Phi) is 9.06. The maximum absolute atomic E-state index is 12.0. The monoisotopic (exact) mass is 369 g/mol. The summed E-state index contributed by atoms with van der Waals surface area (Å²) in [4.78, 5) is 23.8. The Bertz CT molecular complexity index is 443. The lowest BCUT2D eigenvalue weighted by Crippen LogP contribution is -2.47. The molecule has 0 aromatic rings. The van der Waals surface area contributed by atoms with E-state index in [-0.39, 0.29) is 25.2 Å². The van der Waals surface area contributed by atoms with Gasteiger partial charge < -0.3 is 14.8 Å². The lowest BCUT2D eigenvalue weighted by Gasteiger charge is -2.35. The van der Waals surface area contributed by atoms with Crippen LogP contribution in [0.2, 0.25) is 0 Å². The molecular weight excluding hydrogens is 330 g/mol. The predicted octanol–water partition coefficient (Wildman–Crippen LogP) is 3.60. The first-order valence-electron chi connectivity index (χ1n) is 10.5. The summed E-state index contributed by atoms with van der Waals surface area (Å²) in [6.07, 6.45) is 6.88. The van der Waals surface area contributed by atoms with Gasteiger partial charge in [0.2, 0.25) is 5.91 Å². The van der Waals surface area contributed by atoms with Crippen LogP contribution in [-0.2, 0) is 19.1 Å². The van der Waals surface area contributed by atoms with Gasteiger partial charge >= 0.3 is 0 Å². The zero-order chi connectivity index (χ0) is 18.9. The fourth-order valence-corrected chi connectivity index (χ4v) is 4.00. The third-order valence-corrected chi connectivity index (χ3v) is 5.83. The van der Waals surface area contributed by atoms with Crippen LogP contribution in [0.4, 0.5) is 0 Å². The highest BCUT2D eigenvalue weighted by Crippen LogP contribution is 2.31. The zero-order valence-electron chi connectivity index (χ0n) is 16.8. The molecule has 5 heteroatoms. The number of hydrogen-bond donors (Lipinski definition) is 1. The first-order chi connectivity index (χ1) is 12.5. The highest BCUT2D eigenvalue weighted by Gasteiger charge is 2.35. The Morgan fingerprint density at radius 1 is 1.04 bits per heavy atom. The third kappa shape index (κ3) is 6.99. The molecule has 0 aromatic carbocycles. The molecule has 2 aliphatic carbocycles. The second kappa shape index (κ2) is 11.0. The molecule has 0 aliphatic heterocycles. The summed E-state index contributed by atoms with van der Waals surface area (Å²) in [7, 11) is 0. The van der Waals surface area contributed by atoms with Crippen LogP contribution in [0.15, 0.2) is 0 Å². The predicted molar refractivity (Wildman–Crippen MR) is 104 cm³/mol. The summed E-state index contributed by atoms with van der Waals surface area (Å²) in [6.45, 7) is 8.89. The molecule has 152 valence electrons. The van der Waals surface area contributed by atoms with Gasteiger partial charge in [-0.2, -0.15) is 0 Å². The maximum atomic E-state index is 12.0. The largest absolute Gasteiger partial charge is 0.381 e. The van der Waals surface area contributed by atoms with Crippen LogP contribution in [0.25, 0.3) is 0 Å². The van der Waals surface area contributed by atoms with Gasteiger partial charge in [0.1, 0.15) is 5.78 Å². The van der Waals surface area contributed by atoms with Crippen molar-refractivity contribution in [3.05, 3.63) is 0 Å². The van der Waals surface area contributed by atoms with Gasteiger partial charge in [0.15, 0.2) is 0 Å². The van der Waals surface area contributed by atoms with E-state index in [9.17, 15) is 9.59 Å². The van der Waals surface area contributed by atoms with E-state index in [0.717, 1.165) is 32.7 Å². The molecule has 2 saturated carbocycles. The summed E-state index contributed by atoms with van der Waals surface area (Å²) in [5.41, 5.74) is 0. The molecule has 2 rings (SSSR count). The molecule has 0 atom stereocenters. The van der Waals surface area contributed by atoms with Gasteiger partial charge in [-0.05, 0) is 57.3 Å². The van der Waals surface area contributed by atoms with Gasteiger partial charge in [-0.3, -0.25) is 9.59 Å². The van der Waals surface area contributed by atoms with Crippen molar-refractivity contribution >= 4 is 11.7 Å². The molecule has 1 N–H and O–H groups in total. The van der Waals surface area contributed by atoms with Crippen LogP contribution >= 0.6 is 0 Å². The normalized spacial score (nSPS) is 28.6. The number of rotatable bonds is 11. The molecule has 0 saturated heterocycles. The molecule has 0 heterocycles.